The summed E-state index contributed by atoms with van der Waals surface area (Å²) in [4.78, 5) is 12.4. The molecule has 216 valence electrons. The molecule has 0 radical (unpaired) electrons. The van der Waals surface area contributed by atoms with E-state index in [9.17, 15) is 26.2 Å². The Morgan fingerprint density at radius 1 is 1.05 bits per heavy atom. The second-order valence-electron chi connectivity index (χ2n) is 8.29. The number of halogens is 2. The lowest BCUT2D eigenvalue weighted by atomic mass is 10.3. The number of azo groups is 1. The molecule has 3 aromatic carbocycles. The molecule has 0 saturated heterocycles. The minimum atomic E-state index is -4.61. The molecule has 4 N–H and O–H groups in total. The summed E-state index contributed by atoms with van der Waals surface area (Å²) < 4.78 is 67.1. The number of nitrogens with two attached hydrogens (primary N) is 1. The molecule has 0 bridgehead atoms. The number of hydrogen-bond donors (Lipinski definition) is 3. The number of ether oxygens (including phenoxy) is 1. The zero-order valence-electron chi connectivity index (χ0n) is 21.3. The number of nitrogens with one attached hydrogen (secondary N) is 1. The monoisotopic (exact) mass is 640 g/mol. The van der Waals surface area contributed by atoms with Crippen LogP contribution in [0.2, 0.25) is 10.0 Å². The van der Waals surface area contributed by atoms with Gasteiger partial charge >= 0.3 is 5.56 Å². The van der Waals surface area contributed by atoms with Crippen LogP contribution in [0.1, 0.15) is 6.92 Å². The van der Waals surface area contributed by atoms with Crippen molar-refractivity contribution in [2.24, 2.45) is 10.2 Å². The molecule has 1 aromatic heterocycles. The van der Waals surface area contributed by atoms with Gasteiger partial charge < -0.3 is 10.5 Å². The van der Waals surface area contributed by atoms with Crippen LogP contribution in [0.5, 0.6) is 5.75 Å². The first kappa shape index (κ1) is 30.1. The van der Waals surface area contributed by atoms with Crippen LogP contribution in [0.4, 0.5) is 22.9 Å². The van der Waals surface area contributed by atoms with Crippen LogP contribution >= 0.6 is 23.2 Å². The highest BCUT2D eigenvalue weighted by molar-refractivity contribution is 7.93. The predicted octanol–water partition coefficient (Wildman–Crippen LogP) is 4.94. The molecule has 1 heterocycles. The van der Waals surface area contributed by atoms with Crippen LogP contribution < -0.4 is 20.3 Å². The summed E-state index contributed by atoms with van der Waals surface area (Å²) in [7, 11) is -7.45. The zero-order valence-corrected chi connectivity index (χ0v) is 24.5. The van der Waals surface area contributed by atoms with Gasteiger partial charge in [-0.2, -0.15) is 8.42 Å². The number of nitrogen functional groups attached to an aromatic ring is 1. The molecule has 41 heavy (non-hydrogen) atoms. The maximum Gasteiger partial charge on any atom is 0.301 e. The van der Waals surface area contributed by atoms with Gasteiger partial charge in [0.05, 0.1) is 28.4 Å². The fourth-order valence-corrected chi connectivity index (χ4v) is 6.26. The Morgan fingerprint density at radius 2 is 1.78 bits per heavy atom. The van der Waals surface area contributed by atoms with E-state index in [0.29, 0.717) is 10.7 Å². The lowest BCUT2D eigenvalue weighted by Crippen LogP contribution is -2.30. The molecule has 4 rings (SSSR count). The number of benzene rings is 3. The van der Waals surface area contributed by atoms with Crippen molar-refractivity contribution in [3.8, 4) is 11.4 Å². The van der Waals surface area contributed by atoms with Crippen LogP contribution in [0.25, 0.3) is 5.69 Å². The van der Waals surface area contributed by atoms with Gasteiger partial charge in [-0.15, -0.1) is 10.2 Å². The molecule has 0 aliphatic carbocycles. The van der Waals surface area contributed by atoms with E-state index >= 15 is 0 Å². The fraction of sp³-hybridized carbons (Fsp3) is 0.125. The number of sulfonamides is 1. The third-order valence-corrected chi connectivity index (χ3v) is 9.08. The number of hydrogen-bond acceptors (Lipinski definition) is 9. The molecule has 0 fully saturated rings. The standard InChI is InChI=1S/C24H22Cl2N6O7S2/c1-3-31(15-6-4-5-14(25)11-15)40(34,35)21-10-7-16(39-2)12-19(21)28-29-22-23(27)30-32(24(22)33)20-13-17(41(36,37)38)8-9-18(20)26/h4-13,30H,3,27H2,1-2H3,(H,36,37,38). The smallest absolute Gasteiger partial charge is 0.301 e. The van der Waals surface area contributed by atoms with Gasteiger partial charge in [0.2, 0.25) is 0 Å². The third kappa shape index (κ3) is 6.08. The lowest BCUT2D eigenvalue weighted by molar-refractivity contribution is 0.414. The molecule has 0 spiro atoms. The van der Waals surface area contributed by atoms with Gasteiger partial charge in [0.1, 0.15) is 22.2 Å². The van der Waals surface area contributed by atoms with Crippen LogP contribution in [-0.4, -0.2) is 44.8 Å². The lowest BCUT2D eigenvalue weighted by Gasteiger charge is -2.23. The number of aromatic nitrogens is 2. The zero-order chi connectivity index (χ0) is 30.1. The Bertz CT molecular complexity index is 1940. The number of aromatic amines is 1. The highest BCUT2D eigenvalue weighted by Gasteiger charge is 2.28. The quantitative estimate of drug-likeness (QED) is 0.169. The van der Waals surface area contributed by atoms with E-state index in [2.05, 4.69) is 15.3 Å². The van der Waals surface area contributed by atoms with E-state index in [1.807, 2.05) is 0 Å². The Labute approximate surface area is 244 Å². The average Bonchev–Trinajstić information content (AvgIpc) is 3.19. The van der Waals surface area contributed by atoms with Gasteiger partial charge in [0, 0.05) is 17.6 Å². The van der Waals surface area contributed by atoms with Crippen molar-refractivity contribution in [3.63, 3.8) is 0 Å². The molecule has 0 atom stereocenters. The van der Waals surface area contributed by atoms with Gasteiger partial charge in [-0.05, 0) is 55.5 Å². The van der Waals surface area contributed by atoms with Gasteiger partial charge in [0.15, 0.2) is 5.69 Å². The second kappa shape index (κ2) is 11.5. The highest BCUT2D eigenvalue weighted by atomic mass is 35.5. The van der Waals surface area contributed by atoms with Crippen molar-refractivity contribution in [1.29, 1.82) is 0 Å². The molecular formula is C24H22Cl2N6O7S2. The van der Waals surface area contributed by atoms with E-state index in [4.69, 9.17) is 33.7 Å². The summed E-state index contributed by atoms with van der Waals surface area (Å²) in [6.07, 6.45) is 0. The summed E-state index contributed by atoms with van der Waals surface area (Å²) in [5, 5.41) is 10.7. The molecule has 4 aromatic rings. The summed E-state index contributed by atoms with van der Waals surface area (Å²) in [6, 6.07) is 13.5. The van der Waals surface area contributed by atoms with Crippen LogP contribution in [0, 0.1) is 0 Å². The first-order valence-electron chi connectivity index (χ1n) is 11.5. The van der Waals surface area contributed by atoms with Gasteiger partial charge in [-0.1, -0.05) is 29.3 Å². The number of methoxy groups -OCH3 is 1. The Morgan fingerprint density at radius 3 is 2.41 bits per heavy atom. The Balaban J connectivity index is 1.82. The van der Waals surface area contributed by atoms with Crippen molar-refractivity contribution >= 4 is 66.2 Å². The van der Waals surface area contributed by atoms with Crippen molar-refractivity contribution < 1.29 is 26.1 Å². The van der Waals surface area contributed by atoms with Gasteiger partial charge in [-0.25, -0.2) is 13.1 Å². The van der Waals surface area contributed by atoms with E-state index < -0.39 is 36.3 Å². The topological polar surface area (TPSA) is 190 Å². The first-order valence-corrected chi connectivity index (χ1v) is 15.2. The minimum Gasteiger partial charge on any atom is -0.497 e. The third-order valence-electron chi connectivity index (χ3n) is 5.72. The number of H-pyrrole nitrogens is 1. The predicted molar refractivity (Wildman–Crippen MR) is 154 cm³/mol. The van der Waals surface area contributed by atoms with E-state index in [1.54, 1.807) is 25.1 Å². The minimum absolute atomic E-state index is 0.0499. The number of anilines is 2. The van der Waals surface area contributed by atoms with Crippen LogP contribution in [0.3, 0.4) is 0 Å². The van der Waals surface area contributed by atoms with Crippen LogP contribution in [-0.2, 0) is 20.1 Å². The number of rotatable bonds is 9. The summed E-state index contributed by atoms with van der Waals surface area (Å²) in [6.45, 7) is 1.71. The molecule has 0 aliphatic rings. The largest absolute Gasteiger partial charge is 0.497 e. The van der Waals surface area contributed by atoms with Crippen molar-refractivity contribution in [2.45, 2.75) is 16.7 Å². The normalized spacial score (nSPS) is 12.1. The number of nitrogens with zero attached hydrogens (tertiary/aromatic N) is 4. The van der Waals surface area contributed by atoms with Crippen molar-refractivity contribution in [2.75, 3.05) is 23.7 Å². The van der Waals surface area contributed by atoms with E-state index in [1.165, 1.54) is 31.4 Å². The molecule has 17 heteroatoms. The average molecular weight is 642 g/mol. The van der Waals surface area contributed by atoms with Gasteiger partial charge in [0.25, 0.3) is 20.1 Å². The fourth-order valence-electron chi connectivity index (χ4n) is 3.80. The molecule has 0 amide bonds. The summed E-state index contributed by atoms with van der Waals surface area (Å²) in [5.74, 6) is -0.0227. The second-order valence-corrected chi connectivity index (χ2v) is 12.4. The molecular weight excluding hydrogens is 619 g/mol. The molecule has 13 nitrogen and oxygen atoms in total. The highest BCUT2D eigenvalue weighted by Crippen LogP contribution is 2.35. The molecule has 0 aliphatic heterocycles. The summed E-state index contributed by atoms with van der Waals surface area (Å²) in [5.41, 5.74) is 4.65. The van der Waals surface area contributed by atoms with Crippen molar-refractivity contribution in [1.82, 2.24) is 9.78 Å². The molecule has 0 saturated carbocycles. The van der Waals surface area contributed by atoms with Crippen molar-refractivity contribution in [3.05, 3.63) is 81.1 Å². The SMILES string of the molecule is CCN(c1cccc(Cl)c1)S(=O)(=O)c1ccc(OC)cc1N=Nc1c(N)[nH]n(-c2cc(S(=O)(=O)O)ccc2Cl)c1=O. The maximum absolute atomic E-state index is 13.7. The first-order chi connectivity index (χ1) is 19.3. The van der Waals surface area contributed by atoms with E-state index in [-0.39, 0.29) is 39.4 Å². The van der Waals surface area contributed by atoms with Gasteiger partial charge in [-0.3, -0.25) is 18.8 Å². The van der Waals surface area contributed by atoms with Crippen LogP contribution in [0.15, 0.2) is 85.5 Å². The Hall–Kier alpha value is -3.89. The maximum atomic E-state index is 13.7. The summed E-state index contributed by atoms with van der Waals surface area (Å²) >= 11 is 12.2. The van der Waals surface area contributed by atoms with E-state index in [0.717, 1.165) is 27.2 Å². The Kier molecular flexibility index (Phi) is 8.46. The molecule has 0 unspecified atom stereocenters.